The van der Waals surface area contributed by atoms with Crippen LogP contribution in [0.15, 0.2) is 33.9 Å². The molecule has 0 aliphatic carbocycles. The Morgan fingerprint density at radius 3 is 2.81 bits per heavy atom. The van der Waals surface area contributed by atoms with E-state index in [1.807, 2.05) is 24.3 Å². The number of oxime groups is 1. The normalized spacial score (nSPS) is 23.8. The first-order chi connectivity index (χ1) is 7.53. The fourth-order valence-corrected chi connectivity index (χ4v) is 2.01. The Morgan fingerprint density at radius 1 is 1.56 bits per heavy atom. The van der Waals surface area contributed by atoms with Gasteiger partial charge < -0.3 is 9.94 Å². The number of aliphatic carboxylic acids is 1. The third kappa shape index (κ3) is 1.82. The van der Waals surface area contributed by atoms with Crippen molar-refractivity contribution < 1.29 is 14.7 Å². The van der Waals surface area contributed by atoms with Gasteiger partial charge >= 0.3 is 5.97 Å². The zero-order chi connectivity index (χ0) is 11.8. The molecule has 0 bridgehead atoms. The van der Waals surface area contributed by atoms with E-state index in [0.29, 0.717) is 5.71 Å². The van der Waals surface area contributed by atoms with Crippen LogP contribution in [0.25, 0.3) is 0 Å². The van der Waals surface area contributed by atoms with E-state index in [4.69, 9.17) is 9.94 Å². The van der Waals surface area contributed by atoms with Crippen molar-refractivity contribution in [3.05, 3.63) is 34.3 Å². The van der Waals surface area contributed by atoms with Gasteiger partial charge in [-0.25, -0.2) is 4.79 Å². The van der Waals surface area contributed by atoms with Crippen LogP contribution in [0.2, 0.25) is 0 Å². The molecule has 0 spiro atoms. The minimum Gasteiger partial charge on any atom is -0.478 e. The first kappa shape index (κ1) is 11.1. The second-order valence-corrected chi connectivity index (χ2v) is 4.68. The van der Waals surface area contributed by atoms with Crippen LogP contribution in [-0.2, 0) is 9.63 Å². The number of nitrogens with zero attached hydrogens (tertiary/aromatic N) is 1. The van der Waals surface area contributed by atoms with Gasteiger partial charge in [-0.05, 0) is 13.0 Å². The summed E-state index contributed by atoms with van der Waals surface area (Å²) >= 11 is 3.40. The van der Waals surface area contributed by atoms with E-state index in [-0.39, 0.29) is 6.42 Å². The summed E-state index contributed by atoms with van der Waals surface area (Å²) in [5.74, 6) is -1.00. The van der Waals surface area contributed by atoms with E-state index in [2.05, 4.69) is 21.1 Å². The van der Waals surface area contributed by atoms with Crippen LogP contribution >= 0.6 is 15.9 Å². The molecule has 2 rings (SSSR count). The molecule has 1 N–H and O–H groups in total. The second kappa shape index (κ2) is 3.90. The highest BCUT2D eigenvalue weighted by Gasteiger charge is 2.42. The minimum atomic E-state index is -1.25. The zero-order valence-corrected chi connectivity index (χ0v) is 10.2. The van der Waals surface area contributed by atoms with Crippen LogP contribution in [0.4, 0.5) is 0 Å². The maximum absolute atomic E-state index is 11.0. The molecule has 0 aromatic heterocycles. The maximum atomic E-state index is 11.0. The van der Waals surface area contributed by atoms with Crippen molar-refractivity contribution in [2.75, 3.05) is 0 Å². The van der Waals surface area contributed by atoms with Crippen molar-refractivity contribution in [3.63, 3.8) is 0 Å². The van der Waals surface area contributed by atoms with E-state index in [1.54, 1.807) is 0 Å². The molecule has 5 heteroatoms. The summed E-state index contributed by atoms with van der Waals surface area (Å²) in [6.07, 6.45) is 0.269. The maximum Gasteiger partial charge on any atom is 0.351 e. The van der Waals surface area contributed by atoms with Crippen molar-refractivity contribution in [2.45, 2.75) is 18.9 Å². The fourth-order valence-electron chi connectivity index (χ4n) is 1.49. The Kier molecular flexibility index (Phi) is 2.71. The lowest BCUT2D eigenvalue weighted by molar-refractivity contribution is -0.160. The summed E-state index contributed by atoms with van der Waals surface area (Å²) in [5, 5.41) is 12.8. The van der Waals surface area contributed by atoms with Crippen molar-refractivity contribution >= 4 is 27.6 Å². The molecule has 1 aromatic rings. The predicted molar refractivity (Wildman–Crippen MR) is 62.4 cm³/mol. The molecule has 1 unspecified atom stereocenters. The number of halogens is 1. The van der Waals surface area contributed by atoms with Crippen LogP contribution in [0.3, 0.4) is 0 Å². The van der Waals surface area contributed by atoms with Gasteiger partial charge in [0.2, 0.25) is 5.60 Å². The topological polar surface area (TPSA) is 58.9 Å². The molecule has 1 aliphatic heterocycles. The zero-order valence-electron chi connectivity index (χ0n) is 8.61. The monoisotopic (exact) mass is 283 g/mol. The third-order valence-electron chi connectivity index (χ3n) is 2.50. The lowest BCUT2D eigenvalue weighted by Crippen LogP contribution is -2.35. The molecule has 1 aromatic carbocycles. The number of hydrogen-bond donors (Lipinski definition) is 1. The van der Waals surface area contributed by atoms with Gasteiger partial charge in [0.1, 0.15) is 0 Å². The Morgan fingerprint density at radius 2 is 2.25 bits per heavy atom. The Labute approximate surface area is 101 Å². The quantitative estimate of drug-likeness (QED) is 0.907. The Hall–Kier alpha value is -1.36. The van der Waals surface area contributed by atoms with E-state index in [9.17, 15) is 4.79 Å². The van der Waals surface area contributed by atoms with Crippen molar-refractivity contribution in [2.24, 2.45) is 5.16 Å². The molecule has 84 valence electrons. The van der Waals surface area contributed by atoms with Gasteiger partial charge in [-0.3, -0.25) is 0 Å². The highest BCUT2D eigenvalue weighted by molar-refractivity contribution is 9.10. The largest absolute Gasteiger partial charge is 0.478 e. The summed E-state index contributed by atoms with van der Waals surface area (Å²) in [6.45, 7) is 1.52. The predicted octanol–water partition coefficient (Wildman–Crippen LogP) is 2.42. The molecular formula is C11H10BrNO3. The van der Waals surface area contributed by atoms with Crippen molar-refractivity contribution in [3.8, 4) is 0 Å². The molecule has 1 aliphatic rings. The van der Waals surface area contributed by atoms with Gasteiger partial charge in [-0.15, -0.1) is 0 Å². The first-order valence-electron chi connectivity index (χ1n) is 4.76. The number of benzene rings is 1. The lowest BCUT2D eigenvalue weighted by Gasteiger charge is -2.14. The summed E-state index contributed by atoms with van der Waals surface area (Å²) in [5.41, 5.74) is 0.273. The van der Waals surface area contributed by atoms with Crippen molar-refractivity contribution in [1.82, 2.24) is 0 Å². The van der Waals surface area contributed by atoms with Crippen LogP contribution in [0.1, 0.15) is 18.9 Å². The summed E-state index contributed by atoms with van der Waals surface area (Å²) in [7, 11) is 0. The van der Waals surface area contributed by atoms with Crippen LogP contribution in [-0.4, -0.2) is 22.4 Å². The summed E-state index contributed by atoms with van der Waals surface area (Å²) < 4.78 is 0.881. The first-order valence-corrected chi connectivity index (χ1v) is 5.55. The molecule has 16 heavy (non-hydrogen) atoms. The number of carboxylic acids is 1. The van der Waals surface area contributed by atoms with Crippen LogP contribution < -0.4 is 0 Å². The van der Waals surface area contributed by atoms with Crippen molar-refractivity contribution in [1.29, 1.82) is 0 Å². The van der Waals surface area contributed by atoms with E-state index in [1.165, 1.54) is 6.92 Å². The lowest BCUT2D eigenvalue weighted by atomic mass is 9.96. The Bertz CT molecular complexity index is 472. The van der Waals surface area contributed by atoms with E-state index in [0.717, 1.165) is 10.0 Å². The molecule has 0 fully saturated rings. The molecule has 0 saturated carbocycles. The van der Waals surface area contributed by atoms with Gasteiger partial charge in [-0.1, -0.05) is 39.3 Å². The standard InChI is InChI=1S/C11H10BrNO3/c1-11(10(14)15)6-9(13-16-11)7-4-2-3-5-8(7)12/h2-5H,6H2,1H3,(H,14,15). The SMILES string of the molecule is CC1(C(=O)O)CC(c2ccccc2Br)=NO1. The van der Waals surface area contributed by atoms with Crippen LogP contribution in [0.5, 0.6) is 0 Å². The van der Waals surface area contributed by atoms with E-state index >= 15 is 0 Å². The second-order valence-electron chi connectivity index (χ2n) is 3.82. The molecular weight excluding hydrogens is 274 g/mol. The smallest absolute Gasteiger partial charge is 0.351 e. The summed E-state index contributed by atoms with van der Waals surface area (Å²) in [6, 6.07) is 7.52. The molecule has 0 radical (unpaired) electrons. The number of carbonyl (C=O) groups is 1. The third-order valence-corrected chi connectivity index (χ3v) is 3.19. The molecule has 0 saturated heterocycles. The highest BCUT2D eigenvalue weighted by atomic mass is 79.9. The Balaban J connectivity index is 2.28. The highest BCUT2D eigenvalue weighted by Crippen LogP contribution is 2.29. The number of hydrogen-bond acceptors (Lipinski definition) is 3. The molecule has 0 amide bonds. The fraction of sp³-hybridized carbons (Fsp3) is 0.273. The average Bonchev–Trinajstić information content (AvgIpc) is 2.63. The number of carboxylic acid groups (broad SMARTS) is 1. The van der Waals surface area contributed by atoms with E-state index < -0.39 is 11.6 Å². The molecule has 1 atom stereocenters. The van der Waals surface area contributed by atoms with Crippen LogP contribution in [0, 0.1) is 0 Å². The number of rotatable bonds is 2. The minimum absolute atomic E-state index is 0.269. The van der Waals surface area contributed by atoms with Gasteiger partial charge in [-0.2, -0.15) is 0 Å². The molecule has 1 heterocycles. The van der Waals surface area contributed by atoms with Gasteiger partial charge in [0, 0.05) is 16.5 Å². The van der Waals surface area contributed by atoms with Gasteiger partial charge in [0.15, 0.2) is 0 Å². The van der Waals surface area contributed by atoms with Gasteiger partial charge in [0.05, 0.1) is 5.71 Å². The van der Waals surface area contributed by atoms with Gasteiger partial charge in [0.25, 0.3) is 0 Å². The average molecular weight is 284 g/mol. The molecule has 4 nitrogen and oxygen atoms in total. The summed E-state index contributed by atoms with van der Waals surface area (Å²) in [4.78, 5) is 16.0.